The number of benzene rings is 2. The lowest BCUT2D eigenvalue weighted by molar-refractivity contribution is 0.411. The van der Waals surface area contributed by atoms with E-state index in [4.69, 9.17) is 4.74 Å². The number of hydrogen-bond acceptors (Lipinski definition) is 3. The maximum Gasteiger partial charge on any atom is 0.122 e. The molecular weight excluding hydrogens is 232 g/mol. The lowest BCUT2D eigenvalue weighted by Crippen LogP contribution is -1.89. The highest BCUT2D eigenvalue weighted by Gasteiger charge is 2.02. The van der Waals surface area contributed by atoms with E-state index in [0.29, 0.717) is 5.75 Å². The fourth-order valence-electron chi connectivity index (χ4n) is 1.56. The normalized spacial score (nSPS) is 10.2. The summed E-state index contributed by atoms with van der Waals surface area (Å²) in [5.74, 6) is 2.03. The second kappa shape index (κ2) is 5.64. The molecule has 2 rings (SSSR count). The second-order valence-electron chi connectivity index (χ2n) is 3.60. The lowest BCUT2D eigenvalue weighted by atomic mass is 10.2. The van der Waals surface area contributed by atoms with Gasteiger partial charge in [-0.05, 0) is 24.3 Å². The van der Waals surface area contributed by atoms with Gasteiger partial charge in [-0.15, -0.1) is 11.8 Å². The average molecular weight is 246 g/mol. The van der Waals surface area contributed by atoms with Crippen LogP contribution in [0.25, 0.3) is 0 Å². The van der Waals surface area contributed by atoms with Crippen LogP contribution >= 0.6 is 11.8 Å². The third kappa shape index (κ3) is 3.17. The van der Waals surface area contributed by atoms with Crippen LogP contribution in [0.15, 0.2) is 53.4 Å². The van der Waals surface area contributed by atoms with Crippen molar-refractivity contribution in [1.29, 1.82) is 0 Å². The van der Waals surface area contributed by atoms with Crippen molar-refractivity contribution in [3.63, 3.8) is 0 Å². The van der Waals surface area contributed by atoms with Crippen molar-refractivity contribution in [2.75, 3.05) is 7.11 Å². The molecule has 2 nitrogen and oxygen atoms in total. The van der Waals surface area contributed by atoms with Gasteiger partial charge in [0.05, 0.1) is 7.11 Å². The van der Waals surface area contributed by atoms with Crippen LogP contribution in [0.3, 0.4) is 0 Å². The van der Waals surface area contributed by atoms with E-state index in [1.54, 1.807) is 31.0 Å². The van der Waals surface area contributed by atoms with Gasteiger partial charge in [-0.25, -0.2) is 0 Å². The highest BCUT2D eigenvalue weighted by atomic mass is 32.2. The molecule has 0 bridgehead atoms. The average Bonchev–Trinajstić information content (AvgIpc) is 2.37. The van der Waals surface area contributed by atoms with Crippen molar-refractivity contribution < 1.29 is 9.84 Å². The SMILES string of the molecule is COc1ccccc1CSc1cccc(O)c1. The standard InChI is InChI=1S/C14H14O2S/c1-16-14-8-3-2-5-11(14)10-17-13-7-4-6-12(15)9-13/h2-9,15H,10H2,1H3. The van der Waals surface area contributed by atoms with Crippen LogP contribution in [0.4, 0.5) is 0 Å². The summed E-state index contributed by atoms with van der Waals surface area (Å²) in [6, 6.07) is 15.2. The molecule has 2 aromatic rings. The molecule has 0 amide bonds. The van der Waals surface area contributed by atoms with Crippen molar-refractivity contribution in [2.45, 2.75) is 10.6 Å². The fourth-order valence-corrected chi connectivity index (χ4v) is 2.50. The first kappa shape index (κ1) is 11.9. The van der Waals surface area contributed by atoms with Gasteiger partial charge in [0, 0.05) is 16.2 Å². The molecule has 1 N–H and O–H groups in total. The number of phenolic OH excluding ortho intramolecular Hbond substituents is 1. The van der Waals surface area contributed by atoms with E-state index in [-0.39, 0.29) is 0 Å². The summed E-state index contributed by atoms with van der Waals surface area (Å²) in [5, 5.41) is 9.37. The number of methoxy groups -OCH3 is 1. The predicted octanol–water partition coefficient (Wildman–Crippen LogP) is 3.69. The van der Waals surface area contributed by atoms with Crippen LogP contribution in [-0.2, 0) is 5.75 Å². The zero-order chi connectivity index (χ0) is 12.1. The fraction of sp³-hybridized carbons (Fsp3) is 0.143. The van der Waals surface area contributed by atoms with Gasteiger partial charge in [-0.1, -0.05) is 24.3 Å². The molecule has 0 aromatic heterocycles. The summed E-state index contributed by atoms with van der Waals surface area (Å²) in [7, 11) is 1.68. The van der Waals surface area contributed by atoms with Gasteiger partial charge in [-0.2, -0.15) is 0 Å². The van der Waals surface area contributed by atoms with E-state index in [2.05, 4.69) is 6.07 Å². The van der Waals surface area contributed by atoms with Crippen molar-refractivity contribution in [1.82, 2.24) is 0 Å². The van der Waals surface area contributed by atoms with Crippen molar-refractivity contribution in [2.24, 2.45) is 0 Å². The van der Waals surface area contributed by atoms with Gasteiger partial charge in [0.2, 0.25) is 0 Å². The minimum Gasteiger partial charge on any atom is -0.508 e. The Hall–Kier alpha value is -1.61. The molecule has 0 heterocycles. The van der Waals surface area contributed by atoms with Crippen molar-refractivity contribution in [3.05, 3.63) is 54.1 Å². The van der Waals surface area contributed by atoms with Gasteiger partial charge < -0.3 is 9.84 Å². The highest BCUT2D eigenvalue weighted by molar-refractivity contribution is 7.98. The summed E-state index contributed by atoms with van der Waals surface area (Å²) in [6.45, 7) is 0. The zero-order valence-electron chi connectivity index (χ0n) is 9.59. The van der Waals surface area contributed by atoms with Crippen molar-refractivity contribution >= 4 is 11.8 Å². The van der Waals surface area contributed by atoms with Gasteiger partial charge in [0.1, 0.15) is 11.5 Å². The minimum absolute atomic E-state index is 0.301. The molecule has 0 fully saturated rings. The molecule has 0 aliphatic carbocycles. The number of aromatic hydroxyl groups is 1. The molecule has 0 spiro atoms. The molecule has 0 radical (unpaired) electrons. The van der Waals surface area contributed by atoms with E-state index >= 15 is 0 Å². The summed E-state index contributed by atoms with van der Waals surface area (Å²) in [5.41, 5.74) is 1.16. The van der Waals surface area contributed by atoms with Crippen LogP contribution in [0.1, 0.15) is 5.56 Å². The Labute approximate surface area is 105 Å². The van der Waals surface area contributed by atoms with Gasteiger partial charge in [-0.3, -0.25) is 0 Å². The summed E-state index contributed by atoms with van der Waals surface area (Å²) in [4.78, 5) is 1.05. The van der Waals surface area contributed by atoms with Crippen LogP contribution in [0.2, 0.25) is 0 Å². The minimum atomic E-state index is 0.301. The van der Waals surface area contributed by atoms with Crippen LogP contribution in [-0.4, -0.2) is 12.2 Å². The molecule has 3 heteroatoms. The number of para-hydroxylation sites is 1. The Balaban J connectivity index is 2.07. The van der Waals surface area contributed by atoms with Gasteiger partial charge >= 0.3 is 0 Å². The smallest absolute Gasteiger partial charge is 0.122 e. The molecule has 17 heavy (non-hydrogen) atoms. The molecule has 0 saturated carbocycles. The quantitative estimate of drug-likeness (QED) is 0.834. The molecular formula is C14H14O2S. The monoisotopic (exact) mass is 246 g/mol. The van der Waals surface area contributed by atoms with E-state index in [9.17, 15) is 5.11 Å². The van der Waals surface area contributed by atoms with Crippen molar-refractivity contribution in [3.8, 4) is 11.5 Å². The number of rotatable bonds is 4. The Kier molecular flexibility index (Phi) is 3.94. The summed E-state index contributed by atoms with van der Waals surface area (Å²) < 4.78 is 5.29. The molecule has 2 aromatic carbocycles. The molecule has 0 atom stereocenters. The van der Waals surface area contributed by atoms with Crippen LogP contribution < -0.4 is 4.74 Å². The van der Waals surface area contributed by atoms with Gasteiger partial charge in [0.15, 0.2) is 0 Å². The first-order chi connectivity index (χ1) is 8.29. The lowest BCUT2D eigenvalue weighted by Gasteiger charge is -2.07. The third-order valence-electron chi connectivity index (χ3n) is 2.40. The van der Waals surface area contributed by atoms with E-state index in [1.807, 2.05) is 30.3 Å². The number of phenols is 1. The molecule has 0 saturated heterocycles. The topological polar surface area (TPSA) is 29.5 Å². The Morgan fingerprint density at radius 3 is 2.71 bits per heavy atom. The van der Waals surface area contributed by atoms with Gasteiger partial charge in [0.25, 0.3) is 0 Å². The van der Waals surface area contributed by atoms with E-state index in [1.165, 1.54) is 0 Å². The Morgan fingerprint density at radius 2 is 1.94 bits per heavy atom. The molecule has 0 aliphatic rings. The molecule has 88 valence electrons. The number of thioether (sulfide) groups is 1. The highest BCUT2D eigenvalue weighted by Crippen LogP contribution is 2.29. The maximum absolute atomic E-state index is 9.37. The zero-order valence-corrected chi connectivity index (χ0v) is 10.4. The predicted molar refractivity (Wildman–Crippen MR) is 70.7 cm³/mol. The second-order valence-corrected chi connectivity index (χ2v) is 4.65. The van der Waals surface area contributed by atoms with Crippen LogP contribution in [0.5, 0.6) is 11.5 Å². The van der Waals surface area contributed by atoms with Crippen LogP contribution in [0, 0.1) is 0 Å². The summed E-state index contributed by atoms with van der Waals surface area (Å²) >= 11 is 1.68. The number of ether oxygens (including phenoxy) is 1. The Morgan fingerprint density at radius 1 is 1.12 bits per heavy atom. The largest absolute Gasteiger partial charge is 0.508 e. The maximum atomic E-state index is 9.37. The molecule has 0 aliphatic heterocycles. The first-order valence-corrected chi connectivity index (χ1v) is 6.32. The summed E-state index contributed by atoms with van der Waals surface area (Å²) in [6.07, 6.45) is 0. The van der Waals surface area contributed by atoms with E-state index < -0.39 is 0 Å². The number of hydrogen-bond donors (Lipinski definition) is 1. The van der Waals surface area contributed by atoms with E-state index in [0.717, 1.165) is 22.0 Å². The third-order valence-corrected chi connectivity index (χ3v) is 3.45. The Bertz CT molecular complexity index is 497. The molecule has 0 unspecified atom stereocenters. The first-order valence-electron chi connectivity index (χ1n) is 5.33.